The monoisotopic (exact) mass is 251 g/mol. The molecule has 0 aliphatic heterocycles. The van der Waals surface area contributed by atoms with E-state index in [4.69, 9.17) is 4.98 Å². The number of nitrogens with one attached hydrogen (secondary N) is 1. The molecule has 2 aliphatic carbocycles. The molecular weight excluding hydrogens is 230 g/mol. The van der Waals surface area contributed by atoms with Crippen LogP contribution in [0.25, 0.3) is 0 Å². The Morgan fingerprint density at radius 1 is 1.35 bits per heavy atom. The van der Waals surface area contributed by atoms with Gasteiger partial charge < -0.3 is 10.2 Å². The molecule has 1 fully saturated rings. The summed E-state index contributed by atoms with van der Waals surface area (Å²) in [5.74, 6) is 0.657. The maximum atomic E-state index is 4.83. The van der Waals surface area contributed by atoms with Crippen molar-refractivity contribution in [1.82, 2.24) is 10.3 Å². The highest BCUT2D eigenvalue weighted by Crippen LogP contribution is 2.37. The summed E-state index contributed by atoms with van der Waals surface area (Å²) in [6, 6.07) is 0.812. The average Bonchev–Trinajstić information content (AvgIpc) is 3.02. The van der Waals surface area contributed by atoms with Crippen molar-refractivity contribution in [3.8, 4) is 0 Å². The summed E-state index contributed by atoms with van der Waals surface area (Å²) in [7, 11) is 4.17. The number of aromatic nitrogens is 1. The fraction of sp³-hybridized carbons (Fsp3) is 0.769. The standard InChI is InChI=1S/C13H21N3S/c1-16(2)13-15-12-9(8-14-10-6-7-10)4-3-5-11(12)17-13/h9-10,14H,3-8H2,1-2H3. The van der Waals surface area contributed by atoms with Crippen molar-refractivity contribution in [2.75, 3.05) is 25.5 Å². The molecule has 0 radical (unpaired) electrons. The van der Waals surface area contributed by atoms with Crippen LogP contribution >= 0.6 is 11.3 Å². The average molecular weight is 251 g/mol. The SMILES string of the molecule is CN(C)c1nc2c(s1)CCCC2CNC1CC1. The van der Waals surface area contributed by atoms with E-state index in [1.54, 1.807) is 0 Å². The zero-order chi connectivity index (χ0) is 11.8. The summed E-state index contributed by atoms with van der Waals surface area (Å²) >= 11 is 1.88. The van der Waals surface area contributed by atoms with E-state index in [1.807, 2.05) is 11.3 Å². The maximum Gasteiger partial charge on any atom is 0.185 e. The van der Waals surface area contributed by atoms with Gasteiger partial charge in [-0.2, -0.15) is 0 Å². The predicted octanol–water partition coefficient (Wildman–Crippen LogP) is 2.38. The summed E-state index contributed by atoms with van der Waals surface area (Å²) in [5, 5.41) is 4.83. The number of rotatable bonds is 4. The molecule has 0 saturated heterocycles. The van der Waals surface area contributed by atoms with Gasteiger partial charge in [-0.05, 0) is 32.1 Å². The predicted molar refractivity (Wildman–Crippen MR) is 73.1 cm³/mol. The summed E-state index contributed by atoms with van der Waals surface area (Å²) < 4.78 is 0. The fourth-order valence-corrected chi connectivity index (χ4v) is 3.59. The molecule has 1 aromatic rings. The van der Waals surface area contributed by atoms with Gasteiger partial charge in [0.15, 0.2) is 5.13 Å². The Morgan fingerprint density at radius 3 is 2.88 bits per heavy atom. The summed E-state index contributed by atoms with van der Waals surface area (Å²) in [6.45, 7) is 1.13. The first-order valence-corrected chi connectivity index (χ1v) is 7.46. The van der Waals surface area contributed by atoms with Crippen molar-refractivity contribution >= 4 is 16.5 Å². The minimum atomic E-state index is 0.657. The molecule has 0 aromatic carbocycles. The van der Waals surface area contributed by atoms with Crippen molar-refractivity contribution in [3.05, 3.63) is 10.6 Å². The van der Waals surface area contributed by atoms with E-state index in [2.05, 4.69) is 24.3 Å². The molecule has 3 rings (SSSR count). The normalized spacial score (nSPS) is 23.5. The largest absolute Gasteiger partial charge is 0.354 e. The van der Waals surface area contributed by atoms with Crippen LogP contribution in [0.2, 0.25) is 0 Å². The number of hydrogen-bond acceptors (Lipinski definition) is 4. The summed E-state index contributed by atoms with van der Waals surface area (Å²) in [4.78, 5) is 8.50. The van der Waals surface area contributed by atoms with Crippen molar-refractivity contribution in [2.45, 2.75) is 44.1 Å². The molecule has 0 bridgehead atoms. The zero-order valence-electron chi connectivity index (χ0n) is 10.7. The lowest BCUT2D eigenvalue weighted by Crippen LogP contribution is -2.26. The van der Waals surface area contributed by atoms with E-state index in [1.165, 1.54) is 47.8 Å². The third kappa shape index (κ3) is 2.47. The van der Waals surface area contributed by atoms with Gasteiger partial charge in [0.2, 0.25) is 0 Å². The lowest BCUT2D eigenvalue weighted by Gasteiger charge is -2.21. The van der Waals surface area contributed by atoms with Gasteiger partial charge in [0, 0.05) is 37.5 Å². The number of hydrogen-bond donors (Lipinski definition) is 1. The number of fused-ring (bicyclic) bond motifs is 1. The van der Waals surface area contributed by atoms with E-state index in [0.29, 0.717) is 5.92 Å². The Bertz CT molecular complexity index is 395. The second-order valence-electron chi connectivity index (χ2n) is 5.47. The highest BCUT2D eigenvalue weighted by Gasteiger charge is 2.27. The number of thiazole rings is 1. The first kappa shape index (κ1) is 11.5. The van der Waals surface area contributed by atoms with Gasteiger partial charge in [-0.1, -0.05) is 0 Å². The van der Waals surface area contributed by atoms with E-state index < -0.39 is 0 Å². The van der Waals surface area contributed by atoms with Gasteiger partial charge in [-0.15, -0.1) is 11.3 Å². The quantitative estimate of drug-likeness (QED) is 0.890. The first-order chi connectivity index (χ1) is 8.24. The molecule has 1 saturated carbocycles. The number of anilines is 1. The molecular formula is C13H21N3S. The van der Waals surface area contributed by atoms with Crippen molar-refractivity contribution in [2.24, 2.45) is 0 Å². The van der Waals surface area contributed by atoms with Crippen LogP contribution < -0.4 is 10.2 Å². The molecule has 1 aromatic heterocycles. The molecule has 3 nitrogen and oxygen atoms in total. The Morgan fingerprint density at radius 2 is 2.18 bits per heavy atom. The molecule has 17 heavy (non-hydrogen) atoms. The maximum absolute atomic E-state index is 4.83. The van der Waals surface area contributed by atoms with Crippen molar-refractivity contribution < 1.29 is 0 Å². The second-order valence-corrected chi connectivity index (χ2v) is 6.53. The Kier molecular flexibility index (Phi) is 3.09. The fourth-order valence-electron chi connectivity index (χ4n) is 2.48. The van der Waals surface area contributed by atoms with Gasteiger partial charge >= 0.3 is 0 Å². The van der Waals surface area contributed by atoms with E-state index in [-0.39, 0.29) is 0 Å². The molecule has 2 aliphatic rings. The van der Waals surface area contributed by atoms with Crippen LogP contribution in [0.1, 0.15) is 42.2 Å². The molecule has 0 amide bonds. The zero-order valence-corrected chi connectivity index (χ0v) is 11.5. The van der Waals surface area contributed by atoms with Gasteiger partial charge in [0.05, 0.1) is 5.69 Å². The van der Waals surface area contributed by atoms with Crippen molar-refractivity contribution in [1.29, 1.82) is 0 Å². The Balaban J connectivity index is 1.74. The molecule has 94 valence electrons. The third-order valence-corrected chi connectivity index (χ3v) is 4.97. The molecule has 1 N–H and O–H groups in total. The van der Waals surface area contributed by atoms with E-state index in [0.717, 1.165) is 12.6 Å². The van der Waals surface area contributed by atoms with Crippen LogP contribution in [0.5, 0.6) is 0 Å². The van der Waals surface area contributed by atoms with Crippen LogP contribution in [-0.4, -0.2) is 31.7 Å². The van der Waals surface area contributed by atoms with Gasteiger partial charge in [0.1, 0.15) is 0 Å². The van der Waals surface area contributed by atoms with Crippen LogP contribution in [0.3, 0.4) is 0 Å². The highest BCUT2D eigenvalue weighted by molar-refractivity contribution is 7.15. The second kappa shape index (κ2) is 4.58. The smallest absolute Gasteiger partial charge is 0.185 e. The Hall–Kier alpha value is -0.610. The van der Waals surface area contributed by atoms with Crippen LogP contribution in [0, 0.1) is 0 Å². The molecule has 1 atom stereocenters. The van der Waals surface area contributed by atoms with Crippen LogP contribution in [-0.2, 0) is 6.42 Å². The van der Waals surface area contributed by atoms with Crippen molar-refractivity contribution in [3.63, 3.8) is 0 Å². The van der Waals surface area contributed by atoms with Crippen LogP contribution in [0.15, 0.2) is 0 Å². The minimum absolute atomic E-state index is 0.657. The number of nitrogens with zero attached hydrogens (tertiary/aromatic N) is 2. The molecule has 1 unspecified atom stereocenters. The molecule has 4 heteroatoms. The summed E-state index contributed by atoms with van der Waals surface area (Å²) in [6.07, 6.45) is 6.63. The van der Waals surface area contributed by atoms with Gasteiger partial charge in [-0.3, -0.25) is 0 Å². The van der Waals surface area contributed by atoms with Crippen LogP contribution in [0.4, 0.5) is 5.13 Å². The van der Waals surface area contributed by atoms with E-state index in [9.17, 15) is 0 Å². The summed E-state index contributed by atoms with van der Waals surface area (Å²) in [5.41, 5.74) is 1.39. The molecule has 0 spiro atoms. The molecule has 1 heterocycles. The lowest BCUT2D eigenvalue weighted by atomic mass is 9.91. The van der Waals surface area contributed by atoms with Gasteiger partial charge in [-0.25, -0.2) is 4.98 Å². The van der Waals surface area contributed by atoms with E-state index >= 15 is 0 Å². The minimum Gasteiger partial charge on any atom is -0.354 e. The van der Waals surface area contributed by atoms with Gasteiger partial charge in [0.25, 0.3) is 0 Å². The third-order valence-electron chi connectivity index (χ3n) is 3.67. The topological polar surface area (TPSA) is 28.2 Å². The first-order valence-electron chi connectivity index (χ1n) is 6.64. The lowest BCUT2D eigenvalue weighted by molar-refractivity contribution is 0.500. The highest BCUT2D eigenvalue weighted by atomic mass is 32.1. The Labute approximate surface area is 107 Å². The number of aryl methyl sites for hydroxylation is 1.